The smallest absolute Gasteiger partial charge is 0.115 e. The van der Waals surface area contributed by atoms with E-state index in [1.54, 1.807) is 0 Å². The Hall–Kier alpha value is -1.10. The number of fused-ring (bicyclic) bond motifs is 5. The molecule has 186 valence electrons. The quantitative estimate of drug-likeness (QED) is 0.470. The zero-order chi connectivity index (χ0) is 24.3. The van der Waals surface area contributed by atoms with Gasteiger partial charge in [-0.15, -0.1) is 0 Å². The summed E-state index contributed by atoms with van der Waals surface area (Å²) in [5.74, 6) is 3.44. The summed E-state index contributed by atoms with van der Waals surface area (Å²) in [4.78, 5) is 0. The lowest BCUT2D eigenvalue weighted by atomic mass is 9.55. The molecule has 0 heterocycles. The minimum atomic E-state index is 0.223. The Bertz CT molecular complexity index is 642. The van der Waals surface area contributed by atoms with Gasteiger partial charge in [0.1, 0.15) is 5.75 Å². The van der Waals surface area contributed by atoms with Gasteiger partial charge in [-0.3, -0.25) is 0 Å². The molecule has 3 aliphatic carbocycles. The fourth-order valence-electron chi connectivity index (χ4n) is 6.08. The number of phenols is 1. The lowest BCUT2D eigenvalue weighted by molar-refractivity contribution is -0.0661. The van der Waals surface area contributed by atoms with E-state index in [1.165, 1.54) is 43.2 Å². The van der Waals surface area contributed by atoms with Crippen molar-refractivity contribution in [2.45, 2.75) is 98.5 Å². The molecule has 0 spiro atoms. The predicted molar refractivity (Wildman–Crippen MR) is 134 cm³/mol. The molecule has 4 nitrogen and oxygen atoms in total. The predicted octanol–water partition coefficient (Wildman–Crippen LogP) is 6.31. The number of hydrogen-bond acceptors (Lipinski definition) is 4. The standard InChI is InChI=1S/C21H30O3.C4H10.C2H6.CH4O/c1-21-10-9-17-16-6-4-15(23)13-14(16)3-5-18(17)19(21)7-8-20(21)24-12-2-11-22;1-4(2)3;2*1-2/h4,6,13,17-20,22-23H,2-3,5,7-12H2,1H3;4H,1-3H3;1-2H3;2H,1H3/t17?,18?,19?,20?,21-;;;/m0.../s1. The van der Waals surface area contributed by atoms with Crippen LogP contribution in [0.15, 0.2) is 18.2 Å². The second kappa shape index (κ2) is 14.2. The first-order valence-electron chi connectivity index (χ1n) is 12.9. The molecule has 4 unspecified atom stereocenters. The van der Waals surface area contributed by atoms with Crippen molar-refractivity contribution in [1.82, 2.24) is 0 Å². The second-order valence-electron chi connectivity index (χ2n) is 10.1. The van der Waals surface area contributed by atoms with Crippen molar-refractivity contribution < 1.29 is 20.1 Å². The molecule has 2 saturated carbocycles. The van der Waals surface area contributed by atoms with Crippen LogP contribution in [0.1, 0.15) is 97.1 Å². The molecule has 0 amide bonds. The number of phenolic OH excluding ortho intramolecular Hbond substituents is 1. The SMILES string of the molecule is CC.CC(C)C.CO.C[C@]12CCC3c4ccc(O)cc4CCC3C1CCC2OCCCO. The van der Waals surface area contributed by atoms with Crippen LogP contribution in [-0.2, 0) is 11.2 Å². The largest absolute Gasteiger partial charge is 0.508 e. The molecule has 0 saturated heterocycles. The number of aromatic hydroxyl groups is 1. The van der Waals surface area contributed by atoms with Crippen molar-refractivity contribution in [1.29, 1.82) is 0 Å². The fourth-order valence-corrected chi connectivity index (χ4v) is 6.08. The van der Waals surface area contributed by atoms with E-state index in [1.807, 2.05) is 26.0 Å². The van der Waals surface area contributed by atoms with Crippen LogP contribution in [0.2, 0.25) is 0 Å². The van der Waals surface area contributed by atoms with Gasteiger partial charge in [0.2, 0.25) is 0 Å². The van der Waals surface area contributed by atoms with Gasteiger partial charge >= 0.3 is 0 Å². The maximum absolute atomic E-state index is 9.78. The molecule has 0 aliphatic heterocycles. The number of aliphatic hydroxyl groups is 2. The van der Waals surface area contributed by atoms with Crippen molar-refractivity contribution in [2.75, 3.05) is 20.3 Å². The van der Waals surface area contributed by atoms with Crippen LogP contribution in [0.5, 0.6) is 5.75 Å². The first-order chi connectivity index (χ1) is 15.4. The van der Waals surface area contributed by atoms with Crippen molar-refractivity contribution in [3.8, 4) is 5.75 Å². The fraction of sp³-hybridized carbons (Fsp3) is 0.786. The summed E-state index contributed by atoms with van der Waals surface area (Å²) in [5, 5.41) is 25.8. The Morgan fingerprint density at radius 2 is 1.72 bits per heavy atom. The summed E-state index contributed by atoms with van der Waals surface area (Å²) in [7, 11) is 1.00. The maximum atomic E-state index is 9.78. The molecule has 1 aromatic carbocycles. The summed E-state index contributed by atoms with van der Waals surface area (Å²) >= 11 is 0. The molecule has 1 aromatic rings. The van der Waals surface area contributed by atoms with E-state index in [9.17, 15) is 5.11 Å². The van der Waals surface area contributed by atoms with Crippen LogP contribution < -0.4 is 0 Å². The molecule has 2 fully saturated rings. The van der Waals surface area contributed by atoms with E-state index < -0.39 is 0 Å². The summed E-state index contributed by atoms with van der Waals surface area (Å²) in [6.07, 6.45) is 8.43. The zero-order valence-corrected chi connectivity index (χ0v) is 21.7. The van der Waals surface area contributed by atoms with Crippen molar-refractivity contribution >= 4 is 0 Å². The molecule has 32 heavy (non-hydrogen) atoms. The van der Waals surface area contributed by atoms with Crippen LogP contribution in [0.3, 0.4) is 0 Å². The maximum Gasteiger partial charge on any atom is 0.115 e. The first kappa shape index (κ1) is 28.9. The van der Waals surface area contributed by atoms with Crippen LogP contribution >= 0.6 is 0 Å². The third-order valence-electron chi connectivity index (χ3n) is 7.24. The van der Waals surface area contributed by atoms with Crippen molar-refractivity contribution in [3.05, 3.63) is 29.3 Å². The van der Waals surface area contributed by atoms with Gasteiger partial charge in [0.05, 0.1) is 6.10 Å². The van der Waals surface area contributed by atoms with Gasteiger partial charge in [0.25, 0.3) is 0 Å². The van der Waals surface area contributed by atoms with Gasteiger partial charge in [-0.05, 0) is 97.3 Å². The average molecular weight is 451 g/mol. The highest BCUT2D eigenvalue weighted by molar-refractivity contribution is 5.40. The molecule has 0 aromatic heterocycles. The van der Waals surface area contributed by atoms with Crippen LogP contribution in [0, 0.1) is 23.2 Å². The lowest BCUT2D eigenvalue weighted by Crippen LogP contribution is -2.44. The van der Waals surface area contributed by atoms with Crippen LogP contribution in [0.25, 0.3) is 0 Å². The van der Waals surface area contributed by atoms with E-state index >= 15 is 0 Å². The highest BCUT2D eigenvalue weighted by Gasteiger charge is 2.55. The summed E-state index contributed by atoms with van der Waals surface area (Å²) < 4.78 is 6.19. The molecule has 4 heteroatoms. The number of aliphatic hydroxyl groups excluding tert-OH is 2. The van der Waals surface area contributed by atoms with Gasteiger partial charge in [-0.2, -0.15) is 0 Å². The molecule has 0 radical (unpaired) electrons. The van der Waals surface area contributed by atoms with Gasteiger partial charge in [-0.1, -0.05) is 47.6 Å². The summed E-state index contributed by atoms with van der Waals surface area (Å²) in [6.45, 7) is 13.9. The van der Waals surface area contributed by atoms with Gasteiger partial charge in [-0.25, -0.2) is 0 Å². The molecule has 0 bridgehead atoms. The van der Waals surface area contributed by atoms with Gasteiger partial charge < -0.3 is 20.1 Å². The second-order valence-corrected chi connectivity index (χ2v) is 10.1. The Morgan fingerprint density at radius 3 is 2.34 bits per heavy atom. The van der Waals surface area contributed by atoms with Crippen molar-refractivity contribution in [3.63, 3.8) is 0 Å². The molecule has 4 rings (SSSR count). The minimum Gasteiger partial charge on any atom is -0.508 e. The highest BCUT2D eigenvalue weighted by atomic mass is 16.5. The van der Waals surface area contributed by atoms with E-state index in [0.29, 0.717) is 29.8 Å². The molecule has 3 aliphatic rings. The Morgan fingerprint density at radius 1 is 1.06 bits per heavy atom. The summed E-state index contributed by atoms with van der Waals surface area (Å²) in [6, 6.07) is 6.02. The van der Waals surface area contributed by atoms with E-state index in [0.717, 1.165) is 37.7 Å². The Labute approximate surface area is 197 Å². The Balaban J connectivity index is 0.000000568. The minimum absolute atomic E-state index is 0.223. The Kier molecular flexibility index (Phi) is 12.9. The number of aryl methyl sites for hydroxylation is 1. The topological polar surface area (TPSA) is 69.9 Å². The average Bonchev–Trinajstić information content (AvgIpc) is 3.12. The highest BCUT2D eigenvalue weighted by Crippen LogP contribution is 2.61. The molecule has 5 atom stereocenters. The number of ether oxygens (including phenoxy) is 1. The number of hydrogen-bond donors (Lipinski definition) is 3. The van der Waals surface area contributed by atoms with E-state index in [-0.39, 0.29) is 6.61 Å². The van der Waals surface area contributed by atoms with Gasteiger partial charge in [0, 0.05) is 20.3 Å². The zero-order valence-electron chi connectivity index (χ0n) is 21.7. The molecular formula is C28H50O4. The van der Waals surface area contributed by atoms with E-state index in [2.05, 4.69) is 33.8 Å². The van der Waals surface area contributed by atoms with E-state index in [4.69, 9.17) is 14.9 Å². The number of rotatable bonds is 4. The van der Waals surface area contributed by atoms with Crippen molar-refractivity contribution in [2.24, 2.45) is 23.2 Å². The third-order valence-corrected chi connectivity index (χ3v) is 7.24. The van der Waals surface area contributed by atoms with Crippen LogP contribution in [-0.4, -0.2) is 41.7 Å². The monoisotopic (exact) mass is 450 g/mol. The third kappa shape index (κ3) is 6.95. The molecular weight excluding hydrogens is 400 g/mol. The summed E-state index contributed by atoms with van der Waals surface area (Å²) in [5.41, 5.74) is 3.18. The van der Waals surface area contributed by atoms with Gasteiger partial charge in [0.15, 0.2) is 0 Å². The first-order valence-corrected chi connectivity index (χ1v) is 12.9. The number of benzene rings is 1. The normalized spacial score (nSPS) is 29.7. The van der Waals surface area contributed by atoms with Crippen LogP contribution in [0.4, 0.5) is 0 Å². The molecule has 3 N–H and O–H groups in total. The lowest BCUT2D eigenvalue weighted by Gasteiger charge is -2.50.